The summed E-state index contributed by atoms with van der Waals surface area (Å²) in [4.78, 5) is 31.5. The maximum Gasteiger partial charge on any atom is 0.343 e. The minimum atomic E-state index is -0.817. The number of pyridine rings is 1. The van der Waals surface area contributed by atoms with Crippen molar-refractivity contribution in [1.82, 2.24) is 4.98 Å². The molecule has 216 valence electrons. The van der Waals surface area contributed by atoms with Crippen molar-refractivity contribution < 1.29 is 28.2 Å². The van der Waals surface area contributed by atoms with Crippen LogP contribution in [0.15, 0.2) is 66.9 Å². The van der Waals surface area contributed by atoms with E-state index in [-0.39, 0.29) is 29.0 Å². The molecule has 0 radical (unpaired) electrons. The number of nitrogens with one attached hydrogen (secondary N) is 1. The zero-order valence-electron chi connectivity index (χ0n) is 23.7. The molecule has 0 saturated carbocycles. The SMILES string of the molecule is COc1cc(OC(=O)c2ccnc(Cl)c2)ccc1-c1ccc2c(c1COc1cc(F)ccc1C)N(C)C(=O)C(C)(C)N2. The number of ether oxygens (including phenoxy) is 3. The Bertz CT molecular complexity index is 1710. The third kappa shape index (κ3) is 5.60. The number of halogens is 2. The predicted molar refractivity (Wildman–Crippen MR) is 159 cm³/mol. The molecule has 10 heteroatoms. The van der Waals surface area contributed by atoms with Crippen LogP contribution in [-0.4, -0.2) is 36.6 Å². The normalized spacial score (nSPS) is 13.7. The number of likely N-dealkylation sites (N-methyl/N-ethyl adjacent to an activating group) is 1. The molecule has 0 unspecified atom stereocenters. The number of carbonyl (C=O) groups is 2. The van der Waals surface area contributed by atoms with E-state index in [2.05, 4.69) is 10.3 Å². The first-order valence-electron chi connectivity index (χ1n) is 13.1. The molecule has 42 heavy (non-hydrogen) atoms. The topological polar surface area (TPSA) is 90.0 Å². The molecule has 0 bridgehead atoms. The molecule has 1 aliphatic heterocycles. The molecule has 1 N–H and O–H groups in total. The molecule has 0 saturated heterocycles. The number of hydrogen-bond acceptors (Lipinski definition) is 7. The second kappa shape index (κ2) is 11.3. The number of fused-ring (bicyclic) bond motifs is 1. The van der Waals surface area contributed by atoms with E-state index < -0.39 is 17.3 Å². The first-order valence-corrected chi connectivity index (χ1v) is 13.5. The van der Waals surface area contributed by atoms with Gasteiger partial charge in [-0.2, -0.15) is 0 Å². The Kier molecular flexibility index (Phi) is 7.79. The van der Waals surface area contributed by atoms with Gasteiger partial charge in [0.2, 0.25) is 0 Å². The predicted octanol–water partition coefficient (Wildman–Crippen LogP) is 6.82. The largest absolute Gasteiger partial charge is 0.496 e. The lowest BCUT2D eigenvalue weighted by atomic mass is 9.91. The molecule has 3 aromatic carbocycles. The van der Waals surface area contributed by atoms with Crippen LogP contribution >= 0.6 is 11.6 Å². The van der Waals surface area contributed by atoms with Crippen molar-refractivity contribution in [3.8, 4) is 28.4 Å². The molecule has 1 aromatic heterocycles. The fraction of sp³-hybridized carbons (Fsp3) is 0.219. The van der Waals surface area contributed by atoms with Gasteiger partial charge in [-0.1, -0.05) is 23.7 Å². The molecule has 0 fully saturated rings. The summed E-state index contributed by atoms with van der Waals surface area (Å²) < 4.78 is 31.5. The summed E-state index contributed by atoms with van der Waals surface area (Å²) in [6.07, 6.45) is 1.42. The van der Waals surface area contributed by atoms with E-state index in [9.17, 15) is 14.0 Å². The van der Waals surface area contributed by atoms with Crippen LogP contribution in [0.1, 0.15) is 35.3 Å². The van der Waals surface area contributed by atoms with Crippen molar-refractivity contribution in [3.05, 3.63) is 94.5 Å². The quantitative estimate of drug-likeness (QED) is 0.144. The van der Waals surface area contributed by atoms with E-state index in [4.69, 9.17) is 25.8 Å². The van der Waals surface area contributed by atoms with Gasteiger partial charge in [0, 0.05) is 36.5 Å². The van der Waals surface area contributed by atoms with Crippen LogP contribution in [0, 0.1) is 12.7 Å². The first kappa shape index (κ1) is 28.9. The number of rotatable bonds is 7. The van der Waals surface area contributed by atoms with Gasteiger partial charge in [0.25, 0.3) is 5.91 Å². The summed E-state index contributed by atoms with van der Waals surface area (Å²) >= 11 is 5.91. The molecular formula is C32H29ClFN3O5. The van der Waals surface area contributed by atoms with E-state index in [1.807, 2.05) is 32.9 Å². The van der Waals surface area contributed by atoms with Gasteiger partial charge in [0.15, 0.2) is 0 Å². The molecule has 1 amide bonds. The minimum Gasteiger partial charge on any atom is -0.496 e. The Labute approximate surface area is 248 Å². The summed E-state index contributed by atoms with van der Waals surface area (Å²) in [5, 5.41) is 3.50. The number of hydrogen-bond donors (Lipinski definition) is 1. The molecule has 1 aliphatic rings. The van der Waals surface area contributed by atoms with Crippen molar-refractivity contribution in [2.45, 2.75) is 32.9 Å². The summed E-state index contributed by atoms with van der Waals surface area (Å²) in [6, 6.07) is 16.1. The molecule has 0 spiro atoms. The van der Waals surface area contributed by atoms with Gasteiger partial charge < -0.3 is 24.4 Å². The number of amides is 1. The number of aromatic nitrogens is 1. The van der Waals surface area contributed by atoms with Crippen molar-refractivity contribution >= 4 is 34.9 Å². The molecule has 4 aromatic rings. The summed E-state index contributed by atoms with van der Waals surface area (Å²) in [5.74, 6) is -0.0637. The number of aryl methyl sites for hydroxylation is 1. The number of esters is 1. The third-order valence-corrected chi connectivity index (χ3v) is 7.27. The maximum atomic E-state index is 14.0. The van der Waals surface area contributed by atoms with Crippen LogP contribution in [0.3, 0.4) is 0 Å². The minimum absolute atomic E-state index is 0.0330. The highest BCUT2D eigenvalue weighted by Gasteiger charge is 2.38. The van der Waals surface area contributed by atoms with Crippen molar-refractivity contribution in [2.75, 3.05) is 24.4 Å². The Morgan fingerprint density at radius 2 is 1.81 bits per heavy atom. The Morgan fingerprint density at radius 3 is 2.55 bits per heavy atom. The van der Waals surface area contributed by atoms with Crippen LogP contribution in [0.5, 0.6) is 17.2 Å². The van der Waals surface area contributed by atoms with E-state index in [1.165, 1.54) is 37.6 Å². The Morgan fingerprint density at radius 1 is 1.05 bits per heavy atom. The molecule has 8 nitrogen and oxygen atoms in total. The van der Waals surface area contributed by atoms with Crippen LogP contribution in [0.2, 0.25) is 5.15 Å². The standard InChI is InChI=1S/C32H29ClFN3O5/c1-18-6-7-20(34)15-26(18)41-17-24-22(10-11-25-29(24)37(4)31(39)32(2,3)36-25)23-9-8-21(16-27(23)40-5)42-30(38)19-12-13-35-28(33)14-19/h6-16,36H,17H2,1-5H3. The second-order valence-corrected chi connectivity index (χ2v) is 10.8. The number of benzene rings is 3. The Hall–Kier alpha value is -4.63. The highest BCUT2D eigenvalue weighted by molar-refractivity contribution is 6.29. The van der Waals surface area contributed by atoms with E-state index in [1.54, 1.807) is 36.2 Å². The number of methoxy groups -OCH3 is 1. The zero-order valence-corrected chi connectivity index (χ0v) is 24.5. The summed E-state index contributed by atoms with van der Waals surface area (Å²) in [5.41, 5.74) is 3.67. The monoisotopic (exact) mass is 589 g/mol. The number of nitrogens with zero attached hydrogens (tertiary/aromatic N) is 2. The van der Waals surface area contributed by atoms with Gasteiger partial charge in [-0.15, -0.1) is 0 Å². The maximum absolute atomic E-state index is 14.0. The lowest BCUT2D eigenvalue weighted by Gasteiger charge is -2.39. The molecule has 2 heterocycles. The lowest BCUT2D eigenvalue weighted by Crippen LogP contribution is -2.52. The average molecular weight is 590 g/mol. The van der Waals surface area contributed by atoms with Crippen LogP contribution in [0.25, 0.3) is 11.1 Å². The van der Waals surface area contributed by atoms with Gasteiger partial charge in [-0.25, -0.2) is 14.2 Å². The second-order valence-electron chi connectivity index (χ2n) is 10.4. The van der Waals surface area contributed by atoms with Crippen LogP contribution < -0.4 is 24.4 Å². The van der Waals surface area contributed by atoms with Crippen LogP contribution in [-0.2, 0) is 11.4 Å². The van der Waals surface area contributed by atoms with E-state index in [0.29, 0.717) is 28.3 Å². The first-order chi connectivity index (χ1) is 20.0. The number of anilines is 2. The van der Waals surface area contributed by atoms with Crippen molar-refractivity contribution in [2.24, 2.45) is 0 Å². The molecule has 5 rings (SSSR count). The molecular weight excluding hydrogens is 561 g/mol. The highest BCUT2D eigenvalue weighted by Crippen LogP contribution is 2.45. The van der Waals surface area contributed by atoms with Gasteiger partial charge in [0.05, 0.1) is 24.0 Å². The highest BCUT2D eigenvalue weighted by atomic mass is 35.5. The van der Waals surface area contributed by atoms with E-state index in [0.717, 1.165) is 16.8 Å². The van der Waals surface area contributed by atoms with Gasteiger partial charge in [-0.05, 0) is 68.3 Å². The Balaban J connectivity index is 1.57. The molecule has 0 aliphatic carbocycles. The summed E-state index contributed by atoms with van der Waals surface area (Å²) in [6.45, 7) is 5.50. The average Bonchev–Trinajstić information content (AvgIpc) is 2.96. The van der Waals surface area contributed by atoms with Gasteiger partial charge in [0.1, 0.15) is 40.4 Å². The lowest BCUT2D eigenvalue weighted by molar-refractivity contribution is -0.121. The smallest absolute Gasteiger partial charge is 0.343 e. The van der Waals surface area contributed by atoms with Crippen LogP contribution in [0.4, 0.5) is 15.8 Å². The fourth-order valence-corrected chi connectivity index (χ4v) is 5.14. The van der Waals surface area contributed by atoms with E-state index >= 15 is 0 Å². The fourth-order valence-electron chi connectivity index (χ4n) is 4.96. The van der Waals surface area contributed by atoms with Crippen molar-refractivity contribution in [1.29, 1.82) is 0 Å². The van der Waals surface area contributed by atoms with Gasteiger partial charge in [-0.3, -0.25) is 4.79 Å². The third-order valence-electron chi connectivity index (χ3n) is 7.06. The van der Waals surface area contributed by atoms with Crippen molar-refractivity contribution in [3.63, 3.8) is 0 Å². The number of carbonyl (C=O) groups excluding carboxylic acids is 2. The summed E-state index contributed by atoms with van der Waals surface area (Å²) in [7, 11) is 3.23. The molecule has 0 atom stereocenters. The van der Waals surface area contributed by atoms with Gasteiger partial charge >= 0.3 is 5.97 Å². The zero-order chi connectivity index (χ0) is 30.2.